The van der Waals surface area contributed by atoms with E-state index < -0.39 is 0 Å². The predicted octanol–water partition coefficient (Wildman–Crippen LogP) is 2.73. The van der Waals surface area contributed by atoms with E-state index in [0.29, 0.717) is 22.2 Å². The maximum atomic E-state index is 11.9. The van der Waals surface area contributed by atoms with Gasteiger partial charge in [-0.05, 0) is 24.6 Å². The van der Waals surface area contributed by atoms with Crippen LogP contribution in [0.1, 0.15) is 20.9 Å². The zero-order valence-electron chi connectivity index (χ0n) is 9.74. The van der Waals surface area contributed by atoms with E-state index in [9.17, 15) is 4.79 Å². The lowest BCUT2D eigenvalue weighted by atomic mass is 10.2. The van der Waals surface area contributed by atoms with Crippen LogP contribution in [0.3, 0.4) is 0 Å². The summed E-state index contributed by atoms with van der Waals surface area (Å²) in [5.74, 6) is -0.135. The van der Waals surface area contributed by atoms with E-state index in [2.05, 4.69) is 26.2 Å². The van der Waals surface area contributed by atoms with E-state index in [1.165, 1.54) is 11.3 Å². The summed E-state index contributed by atoms with van der Waals surface area (Å²) in [4.78, 5) is 16.5. The van der Waals surface area contributed by atoms with Gasteiger partial charge in [0.05, 0.1) is 5.69 Å². The molecule has 2 rings (SSSR count). The van der Waals surface area contributed by atoms with Gasteiger partial charge in [-0.25, -0.2) is 4.98 Å². The summed E-state index contributed by atoms with van der Waals surface area (Å²) >= 11 is 4.57. The van der Waals surface area contributed by atoms with E-state index in [4.69, 9.17) is 5.73 Å². The largest absolute Gasteiger partial charge is 0.375 e. The number of anilines is 1. The van der Waals surface area contributed by atoms with Crippen LogP contribution in [0.2, 0.25) is 0 Å². The molecule has 0 aliphatic heterocycles. The lowest BCUT2D eigenvalue weighted by molar-refractivity contribution is 0.0954. The Labute approximate surface area is 117 Å². The third-order valence-electron chi connectivity index (χ3n) is 2.39. The van der Waals surface area contributed by atoms with Gasteiger partial charge in [0.25, 0.3) is 5.91 Å². The van der Waals surface area contributed by atoms with E-state index in [-0.39, 0.29) is 5.91 Å². The van der Waals surface area contributed by atoms with Crippen molar-refractivity contribution in [3.05, 3.63) is 44.9 Å². The third-order valence-corrected chi connectivity index (χ3v) is 3.90. The fraction of sp³-hybridized carbons (Fsp3) is 0.167. The van der Waals surface area contributed by atoms with E-state index in [0.717, 1.165) is 10.0 Å². The quantitative estimate of drug-likeness (QED) is 0.911. The average molecular weight is 326 g/mol. The summed E-state index contributed by atoms with van der Waals surface area (Å²) in [5, 5.41) is 3.27. The Hall–Kier alpha value is -1.40. The number of thiazole rings is 1. The number of nitrogens with zero attached hydrogens (tertiary/aromatic N) is 1. The lowest BCUT2D eigenvalue weighted by Gasteiger charge is -2.04. The third kappa shape index (κ3) is 3.08. The first-order valence-electron chi connectivity index (χ1n) is 5.32. The second kappa shape index (κ2) is 5.49. The van der Waals surface area contributed by atoms with Crippen LogP contribution in [0.4, 0.5) is 5.13 Å². The number of amides is 1. The first-order valence-corrected chi connectivity index (χ1v) is 6.93. The zero-order valence-corrected chi connectivity index (χ0v) is 12.1. The van der Waals surface area contributed by atoms with Crippen LogP contribution in [0.5, 0.6) is 0 Å². The Morgan fingerprint density at radius 3 is 2.67 bits per heavy atom. The summed E-state index contributed by atoms with van der Waals surface area (Å²) in [5.41, 5.74) is 7.28. The van der Waals surface area contributed by atoms with Crippen LogP contribution in [0.15, 0.2) is 28.7 Å². The number of nitrogens with two attached hydrogens (primary N) is 1. The molecule has 1 aromatic heterocycles. The van der Waals surface area contributed by atoms with Gasteiger partial charge in [-0.1, -0.05) is 39.4 Å². The maximum Gasteiger partial charge on any atom is 0.263 e. The molecular weight excluding hydrogens is 314 g/mol. The minimum absolute atomic E-state index is 0.135. The number of hydrogen-bond donors (Lipinski definition) is 2. The molecule has 6 heteroatoms. The van der Waals surface area contributed by atoms with Gasteiger partial charge in [-0.2, -0.15) is 0 Å². The van der Waals surface area contributed by atoms with Gasteiger partial charge in [0.15, 0.2) is 5.13 Å². The highest BCUT2D eigenvalue weighted by molar-refractivity contribution is 9.10. The lowest BCUT2D eigenvalue weighted by Crippen LogP contribution is -2.22. The second-order valence-electron chi connectivity index (χ2n) is 3.78. The van der Waals surface area contributed by atoms with Gasteiger partial charge in [0.1, 0.15) is 4.88 Å². The smallest absolute Gasteiger partial charge is 0.263 e. The maximum absolute atomic E-state index is 11.9. The molecule has 3 N–H and O–H groups in total. The monoisotopic (exact) mass is 325 g/mol. The molecule has 0 aliphatic carbocycles. The molecular formula is C12H12BrN3OS. The highest BCUT2D eigenvalue weighted by atomic mass is 79.9. The minimum atomic E-state index is -0.135. The second-order valence-corrected chi connectivity index (χ2v) is 5.72. The highest BCUT2D eigenvalue weighted by Crippen LogP contribution is 2.19. The predicted molar refractivity (Wildman–Crippen MR) is 76.6 cm³/mol. The fourth-order valence-corrected chi connectivity index (χ4v) is 2.51. The number of aromatic nitrogens is 1. The van der Waals surface area contributed by atoms with Crippen LogP contribution in [0, 0.1) is 6.92 Å². The Morgan fingerprint density at radius 2 is 2.11 bits per heavy atom. The Bertz CT molecular complexity index is 565. The molecule has 0 fully saturated rings. The first kappa shape index (κ1) is 13.0. The van der Waals surface area contributed by atoms with Crippen LogP contribution >= 0.6 is 27.3 Å². The molecule has 18 heavy (non-hydrogen) atoms. The highest BCUT2D eigenvalue weighted by Gasteiger charge is 2.13. The summed E-state index contributed by atoms with van der Waals surface area (Å²) in [6.45, 7) is 2.27. The fourth-order valence-electron chi connectivity index (χ4n) is 1.49. The molecule has 94 valence electrons. The molecule has 0 unspecified atom stereocenters. The van der Waals surface area contributed by atoms with Crippen molar-refractivity contribution in [1.82, 2.24) is 10.3 Å². The topological polar surface area (TPSA) is 68.0 Å². The number of carbonyl (C=O) groups excluding carboxylic acids is 1. The molecule has 0 radical (unpaired) electrons. The van der Waals surface area contributed by atoms with Crippen LogP contribution in [0.25, 0.3) is 0 Å². The van der Waals surface area contributed by atoms with Gasteiger partial charge < -0.3 is 11.1 Å². The van der Waals surface area contributed by atoms with Crippen LogP contribution < -0.4 is 11.1 Å². The summed E-state index contributed by atoms with van der Waals surface area (Å²) in [7, 11) is 0. The van der Waals surface area contributed by atoms with Crippen molar-refractivity contribution in [1.29, 1.82) is 0 Å². The van der Waals surface area contributed by atoms with Crippen molar-refractivity contribution in [3.63, 3.8) is 0 Å². The molecule has 1 amide bonds. The number of rotatable bonds is 3. The molecule has 0 aliphatic rings. The molecule has 0 saturated carbocycles. The number of halogens is 1. The summed E-state index contributed by atoms with van der Waals surface area (Å²) in [6.07, 6.45) is 0. The molecule has 0 spiro atoms. The number of nitrogens with one attached hydrogen (secondary N) is 1. The molecule has 2 aromatic rings. The van der Waals surface area contributed by atoms with Crippen molar-refractivity contribution in [3.8, 4) is 0 Å². The number of carbonyl (C=O) groups is 1. The average Bonchev–Trinajstić information content (AvgIpc) is 2.67. The van der Waals surface area contributed by atoms with Crippen LogP contribution in [-0.2, 0) is 6.54 Å². The van der Waals surface area contributed by atoms with E-state index in [1.54, 1.807) is 6.92 Å². The Morgan fingerprint density at radius 1 is 1.44 bits per heavy atom. The van der Waals surface area contributed by atoms with E-state index >= 15 is 0 Å². The Kier molecular flexibility index (Phi) is 3.98. The van der Waals surface area contributed by atoms with Crippen molar-refractivity contribution in [2.24, 2.45) is 0 Å². The molecule has 0 saturated heterocycles. The summed E-state index contributed by atoms with van der Waals surface area (Å²) in [6, 6.07) is 7.80. The normalized spacial score (nSPS) is 10.3. The van der Waals surface area contributed by atoms with Crippen molar-refractivity contribution in [2.75, 3.05) is 5.73 Å². The zero-order chi connectivity index (χ0) is 13.1. The molecule has 0 atom stereocenters. The van der Waals surface area contributed by atoms with Gasteiger partial charge in [-0.15, -0.1) is 0 Å². The van der Waals surface area contributed by atoms with Crippen LogP contribution in [-0.4, -0.2) is 10.9 Å². The molecule has 4 nitrogen and oxygen atoms in total. The number of benzene rings is 1. The number of hydrogen-bond acceptors (Lipinski definition) is 4. The van der Waals surface area contributed by atoms with Gasteiger partial charge in [-0.3, -0.25) is 4.79 Å². The Balaban J connectivity index is 2.00. The molecule has 1 heterocycles. The standard InChI is InChI=1S/C12H12BrN3OS/c1-7-10(18-12(14)16-7)11(17)15-6-8-2-4-9(13)5-3-8/h2-5H,6H2,1H3,(H2,14,16)(H,15,17). The molecule has 1 aromatic carbocycles. The van der Waals surface area contributed by atoms with Gasteiger partial charge in [0, 0.05) is 11.0 Å². The number of nitrogen functional groups attached to an aromatic ring is 1. The van der Waals surface area contributed by atoms with Gasteiger partial charge >= 0.3 is 0 Å². The molecule has 0 bridgehead atoms. The summed E-state index contributed by atoms with van der Waals surface area (Å²) < 4.78 is 1.02. The van der Waals surface area contributed by atoms with E-state index in [1.807, 2.05) is 24.3 Å². The SMILES string of the molecule is Cc1nc(N)sc1C(=O)NCc1ccc(Br)cc1. The van der Waals surface area contributed by atoms with Gasteiger partial charge in [0.2, 0.25) is 0 Å². The van der Waals surface area contributed by atoms with Crippen molar-refractivity contribution >= 4 is 38.3 Å². The minimum Gasteiger partial charge on any atom is -0.375 e. The van der Waals surface area contributed by atoms with Crippen molar-refractivity contribution < 1.29 is 4.79 Å². The first-order chi connectivity index (χ1) is 8.56. The van der Waals surface area contributed by atoms with Crippen molar-refractivity contribution in [2.45, 2.75) is 13.5 Å². The number of aryl methyl sites for hydroxylation is 1.